The normalized spacial score (nSPS) is 11.2. The van der Waals surface area contributed by atoms with Crippen molar-refractivity contribution in [3.05, 3.63) is 62.6 Å². The molecule has 4 aromatic rings. The van der Waals surface area contributed by atoms with E-state index < -0.39 is 0 Å². The Balaban J connectivity index is 1.69. The number of ketones is 1. The lowest BCUT2D eigenvalue weighted by Gasteiger charge is -2.12. The van der Waals surface area contributed by atoms with E-state index in [1.54, 1.807) is 35.9 Å². The van der Waals surface area contributed by atoms with Crippen molar-refractivity contribution >= 4 is 50.4 Å². The van der Waals surface area contributed by atoms with E-state index >= 15 is 0 Å². The van der Waals surface area contributed by atoms with Crippen molar-refractivity contribution in [1.29, 1.82) is 0 Å². The fourth-order valence-electron chi connectivity index (χ4n) is 3.15. The van der Waals surface area contributed by atoms with Crippen LogP contribution in [0.15, 0.2) is 51.0 Å². The predicted molar refractivity (Wildman–Crippen MR) is 125 cm³/mol. The molecule has 4 rings (SSSR count). The van der Waals surface area contributed by atoms with Crippen LogP contribution in [0.3, 0.4) is 0 Å². The van der Waals surface area contributed by atoms with E-state index in [4.69, 9.17) is 9.72 Å². The number of hydrogen-bond donors (Lipinski definition) is 0. The van der Waals surface area contributed by atoms with E-state index in [1.165, 1.54) is 23.1 Å². The first-order valence-corrected chi connectivity index (χ1v) is 12.2. The van der Waals surface area contributed by atoms with Crippen LogP contribution >= 0.6 is 34.4 Å². The molecule has 0 aliphatic rings. The van der Waals surface area contributed by atoms with Crippen molar-refractivity contribution in [2.75, 3.05) is 6.61 Å². The molecule has 154 valence electrons. The van der Waals surface area contributed by atoms with Gasteiger partial charge in [-0.1, -0.05) is 17.8 Å². The number of fused-ring (bicyclic) bond motifs is 1. The van der Waals surface area contributed by atoms with Crippen molar-refractivity contribution in [2.24, 2.45) is 7.05 Å². The molecular formula is C22H20N2O3S3. The molecular weight excluding hydrogens is 436 g/mol. The molecule has 0 atom stereocenters. The van der Waals surface area contributed by atoms with Gasteiger partial charge in [-0.15, -0.1) is 22.7 Å². The van der Waals surface area contributed by atoms with E-state index in [2.05, 4.69) is 0 Å². The van der Waals surface area contributed by atoms with Crippen LogP contribution in [-0.2, 0) is 12.8 Å². The summed E-state index contributed by atoms with van der Waals surface area (Å²) in [5, 5.41) is 5.32. The third-order valence-electron chi connectivity index (χ3n) is 4.68. The summed E-state index contributed by atoms with van der Waals surface area (Å²) in [6.07, 6.45) is 0. The average molecular weight is 457 g/mol. The number of hydrogen-bond acceptors (Lipinski definition) is 7. The van der Waals surface area contributed by atoms with Gasteiger partial charge in [-0.05, 0) is 43.5 Å². The van der Waals surface area contributed by atoms with Gasteiger partial charge in [0.2, 0.25) is 0 Å². The summed E-state index contributed by atoms with van der Waals surface area (Å²) in [5.41, 5.74) is 2.46. The van der Waals surface area contributed by atoms with Crippen molar-refractivity contribution < 1.29 is 9.53 Å². The van der Waals surface area contributed by atoms with E-state index in [0.717, 1.165) is 26.6 Å². The lowest BCUT2D eigenvalue weighted by Crippen LogP contribution is -2.19. The number of ether oxygens (including phenoxy) is 1. The van der Waals surface area contributed by atoms with Crippen LogP contribution in [0, 0.1) is 0 Å². The van der Waals surface area contributed by atoms with Gasteiger partial charge in [-0.3, -0.25) is 14.2 Å². The van der Waals surface area contributed by atoms with Crippen molar-refractivity contribution in [2.45, 2.75) is 24.8 Å². The third-order valence-corrected chi connectivity index (χ3v) is 7.54. The Morgan fingerprint density at radius 2 is 2.10 bits per heavy atom. The Bertz CT molecular complexity index is 1270. The maximum absolute atomic E-state index is 13.1. The molecule has 0 amide bonds. The molecule has 30 heavy (non-hydrogen) atoms. The zero-order chi connectivity index (χ0) is 21.3. The Kier molecular flexibility index (Phi) is 6.08. The van der Waals surface area contributed by atoms with Gasteiger partial charge in [0.1, 0.15) is 10.6 Å². The van der Waals surface area contributed by atoms with Crippen LogP contribution in [0.1, 0.15) is 29.8 Å². The SMILES string of the molecule is CCOc1ccc(C(C)=O)cc1CSc1nc2scc(-c3cccs3)c2c(=O)n1C. The van der Waals surface area contributed by atoms with Crippen molar-refractivity contribution in [3.63, 3.8) is 0 Å². The monoisotopic (exact) mass is 456 g/mol. The predicted octanol–water partition coefficient (Wildman–Crippen LogP) is 5.62. The number of carbonyl (C=O) groups excluding carboxylic acids is 1. The van der Waals surface area contributed by atoms with Gasteiger partial charge in [0.25, 0.3) is 5.56 Å². The molecule has 0 aliphatic carbocycles. The van der Waals surface area contributed by atoms with Crippen LogP contribution in [-0.4, -0.2) is 21.9 Å². The third kappa shape index (κ3) is 3.95. The van der Waals surface area contributed by atoms with Gasteiger partial charge in [0, 0.05) is 39.7 Å². The minimum atomic E-state index is -0.0466. The van der Waals surface area contributed by atoms with Gasteiger partial charge < -0.3 is 4.74 Å². The molecule has 0 saturated heterocycles. The standard InChI is InChI=1S/C22H20N2O3S3/c1-4-27-17-8-7-14(13(2)25)10-15(17)11-30-22-23-20-19(21(26)24(22)3)16(12-29-20)18-6-5-9-28-18/h5-10,12H,4,11H2,1-3H3. The lowest BCUT2D eigenvalue weighted by molar-refractivity contribution is 0.101. The second-order valence-corrected chi connectivity index (χ2v) is 9.41. The number of thioether (sulfide) groups is 1. The number of nitrogens with zero attached hydrogens (tertiary/aromatic N) is 2. The maximum atomic E-state index is 13.1. The number of aromatic nitrogens is 2. The first-order valence-electron chi connectivity index (χ1n) is 9.41. The van der Waals surface area contributed by atoms with E-state index in [0.29, 0.717) is 28.5 Å². The Hall–Kier alpha value is -2.42. The number of carbonyl (C=O) groups is 1. The summed E-state index contributed by atoms with van der Waals surface area (Å²) in [6.45, 7) is 4.02. The highest BCUT2D eigenvalue weighted by atomic mass is 32.2. The van der Waals surface area contributed by atoms with E-state index in [-0.39, 0.29) is 11.3 Å². The smallest absolute Gasteiger partial charge is 0.263 e. The molecule has 1 aromatic carbocycles. The Morgan fingerprint density at radius 3 is 2.80 bits per heavy atom. The summed E-state index contributed by atoms with van der Waals surface area (Å²) in [5.74, 6) is 1.30. The summed E-state index contributed by atoms with van der Waals surface area (Å²) in [4.78, 5) is 31.5. The largest absolute Gasteiger partial charge is 0.494 e. The fraction of sp³-hybridized carbons (Fsp3) is 0.227. The van der Waals surface area contributed by atoms with Gasteiger partial charge in [0.05, 0.1) is 12.0 Å². The molecule has 0 spiro atoms. The molecule has 0 saturated carbocycles. The molecule has 3 aromatic heterocycles. The van der Waals surface area contributed by atoms with Crippen molar-refractivity contribution in [1.82, 2.24) is 9.55 Å². The summed E-state index contributed by atoms with van der Waals surface area (Å²) >= 11 is 4.57. The highest BCUT2D eigenvalue weighted by molar-refractivity contribution is 7.98. The van der Waals surface area contributed by atoms with E-state index in [9.17, 15) is 9.59 Å². The number of benzene rings is 1. The van der Waals surface area contributed by atoms with Crippen molar-refractivity contribution in [3.8, 4) is 16.2 Å². The van der Waals surface area contributed by atoms with Crippen LogP contribution in [0.2, 0.25) is 0 Å². The van der Waals surface area contributed by atoms with Gasteiger partial charge in [-0.25, -0.2) is 4.98 Å². The molecule has 0 fully saturated rings. The Morgan fingerprint density at radius 1 is 1.27 bits per heavy atom. The molecule has 5 nitrogen and oxygen atoms in total. The first-order chi connectivity index (χ1) is 14.5. The number of rotatable bonds is 7. The zero-order valence-electron chi connectivity index (χ0n) is 16.8. The van der Waals surface area contributed by atoms with Crippen LogP contribution in [0.25, 0.3) is 20.7 Å². The zero-order valence-corrected chi connectivity index (χ0v) is 19.2. The summed E-state index contributed by atoms with van der Waals surface area (Å²) in [7, 11) is 1.75. The minimum Gasteiger partial charge on any atom is -0.494 e. The van der Waals surface area contributed by atoms with E-state index in [1.807, 2.05) is 41.9 Å². The molecule has 8 heteroatoms. The summed E-state index contributed by atoms with van der Waals surface area (Å²) in [6, 6.07) is 9.47. The van der Waals surface area contributed by atoms with Crippen LogP contribution in [0.5, 0.6) is 5.75 Å². The van der Waals surface area contributed by atoms with Crippen LogP contribution in [0.4, 0.5) is 0 Å². The molecule has 0 unspecified atom stereocenters. The summed E-state index contributed by atoms with van der Waals surface area (Å²) < 4.78 is 7.32. The highest BCUT2D eigenvalue weighted by Gasteiger charge is 2.17. The second-order valence-electron chi connectivity index (χ2n) is 6.67. The molecule has 0 bridgehead atoms. The topological polar surface area (TPSA) is 61.2 Å². The second kappa shape index (κ2) is 8.75. The Labute approximate surface area is 186 Å². The fourth-order valence-corrected chi connectivity index (χ4v) is 5.90. The lowest BCUT2D eigenvalue weighted by atomic mass is 10.1. The van der Waals surface area contributed by atoms with Gasteiger partial charge in [0.15, 0.2) is 10.9 Å². The highest BCUT2D eigenvalue weighted by Crippen LogP contribution is 2.35. The van der Waals surface area contributed by atoms with Crippen LogP contribution < -0.4 is 10.3 Å². The first kappa shape index (κ1) is 20.8. The number of thiophene rings is 2. The maximum Gasteiger partial charge on any atom is 0.263 e. The molecule has 3 heterocycles. The molecule has 0 N–H and O–H groups in total. The average Bonchev–Trinajstić information content (AvgIpc) is 3.40. The minimum absolute atomic E-state index is 0.0101. The number of Topliss-reactive ketones (excluding diaryl/α,β-unsaturated/α-hetero) is 1. The molecule has 0 aliphatic heterocycles. The molecule has 0 radical (unpaired) electrons. The van der Waals surface area contributed by atoms with Gasteiger partial charge in [-0.2, -0.15) is 0 Å². The quantitative estimate of drug-likeness (QED) is 0.205. The van der Waals surface area contributed by atoms with Gasteiger partial charge >= 0.3 is 0 Å².